The van der Waals surface area contributed by atoms with Crippen molar-refractivity contribution in [1.29, 1.82) is 0 Å². The molecule has 18 heavy (non-hydrogen) atoms. The number of fused-ring (bicyclic) bond motifs is 1. The average Bonchev–Trinajstić information content (AvgIpc) is 2.26. The molecule has 0 aliphatic rings. The monoisotopic (exact) mass is 267 g/mol. The molecule has 0 fully saturated rings. The lowest BCUT2D eigenvalue weighted by Gasteiger charge is -2.22. The molecule has 2 rings (SSSR count). The Morgan fingerprint density at radius 2 is 1.94 bits per heavy atom. The predicted molar refractivity (Wildman–Crippen MR) is 73.2 cm³/mol. The fraction of sp³-hybridized carbons (Fsp3) is 0.308. The Labute approximate surface area is 110 Å². The standard InChI is InChI=1S/C13H15ClFN3/c1-13(2,3)9-5-7-4-8(15)6-10(14)11(7)17-12(9)18-16/h4-6H,16H2,1-3H3,(H,17,18). The zero-order valence-electron chi connectivity index (χ0n) is 10.5. The fourth-order valence-electron chi connectivity index (χ4n) is 1.89. The van der Waals surface area contributed by atoms with E-state index in [0.29, 0.717) is 16.7 Å². The van der Waals surface area contributed by atoms with Crippen LogP contribution in [0.4, 0.5) is 10.2 Å². The van der Waals surface area contributed by atoms with Gasteiger partial charge in [-0.15, -0.1) is 0 Å². The second kappa shape index (κ2) is 4.37. The Kier molecular flexibility index (Phi) is 3.17. The van der Waals surface area contributed by atoms with Crippen LogP contribution in [0.5, 0.6) is 0 Å². The summed E-state index contributed by atoms with van der Waals surface area (Å²) >= 11 is 5.99. The van der Waals surface area contributed by atoms with Gasteiger partial charge in [0.15, 0.2) is 0 Å². The number of rotatable bonds is 1. The van der Waals surface area contributed by atoms with Crippen LogP contribution in [0.1, 0.15) is 26.3 Å². The van der Waals surface area contributed by atoms with Crippen LogP contribution in [-0.2, 0) is 5.41 Å². The first-order chi connectivity index (χ1) is 8.32. The molecule has 1 aromatic heterocycles. The molecule has 0 unspecified atom stereocenters. The van der Waals surface area contributed by atoms with Crippen molar-refractivity contribution >= 4 is 28.3 Å². The Hall–Kier alpha value is -1.39. The highest BCUT2D eigenvalue weighted by Crippen LogP contribution is 2.33. The van der Waals surface area contributed by atoms with Crippen molar-refractivity contribution in [1.82, 2.24) is 4.98 Å². The molecule has 5 heteroatoms. The third kappa shape index (κ3) is 2.26. The van der Waals surface area contributed by atoms with Crippen LogP contribution in [0.15, 0.2) is 18.2 Å². The lowest BCUT2D eigenvalue weighted by molar-refractivity contribution is 0.590. The van der Waals surface area contributed by atoms with E-state index in [2.05, 4.69) is 10.4 Å². The molecule has 0 saturated heterocycles. The summed E-state index contributed by atoms with van der Waals surface area (Å²) < 4.78 is 13.4. The number of nitrogens with one attached hydrogen (secondary N) is 1. The average molecular weight is 268 g/mol. The summed E-state index contributed by atoms with van der Waals surface area (Å²) in [5, 5.41) is 0.950. The second-order valence-electron chi connectivity index (χ2n) is 5.24. The van der Waals surface area contributed by atoms with Crippen molar-refractivity contribution in [3.63, 3.8) is 0 Å². The Morgan fingerprint density at radius 1 is 1.28 bits per heavy atom. The molecule has 0 bridgehead atoms. The minimum Gasteiger partial charge on any atom is -0.308 e. The zero-order chi connectivity index (χ0) is 13.5. The molecule has 0 aliphatic heterocycles. The second-order valence-corrected chi connectivity index (χ2v) is 5.65. The number of hydrogen-bond acceptors (Lipinski definition) is 3. The van der Waals surface area contributed by atoms with Gasteiger partial charge in [0, 0.05) is 10.9 Å². The Bertz CT molecular complexity index is 605. The lowest BCUT2D eigenvalue weighted by atomic mass is 9.86. The van der Waals surface area contributed by atoms with Crippen LogP contribution in [0.25, 0.3) is 10.9 Å². The third-order valence-electron chi connectivity index (χ3n) is 2.78. The summed E-state index contributed by atoms with van der Waals surface area (Å²) in [6.45, 7) is 6.12. The summed E-state index contributed by atoms with van der Waals surface area (Å²) in [5.41, 5.74) is 3.88. The minimum atomic E-state index is -0.373. The molecule has 3 N–H and O–H groups in total. The number of anilines is 1. The molecular weight excluding hydrogens is 253 g/mol. The molecule has 0 amide bonds. The van der Waals surface area contributed by atoms with Gasteiger partial charge < -0.3 is 5.43 Å². The summed E-state index contributed by atoms with van der Waals surface area (Å²) in [7, 11) is 0. The molecule has 0 aliphatic carbocycles. The first-order valence-corrected chi connectivity index (χ1v) is 5.97. The zero-order valence-corrected chi connectivity index (χ0v) is 11.3. The Balaban J connectivity index is 2.81. The van der Waals surface area contributed by atoms with Gasteiger partial charge in [-0.2, -0.15) is 0 Å². The Morgan fingerprint density at radius 3 is 2.50 bits per heavy atom. The van der Waals surface area contributed by atoms with Crippen molar-refractivity contribution in [3.8, 4) is 0 Å². The molecule has 0 radical (unpaired) electrons. The van der Waals surface area contributed by atoms with E-state index in [9.17, 15) is 4.39 Å². The number of aromatic nitrogens is 1. The van der Waals surface area contributed by atoms with E-state index in [0.717, 1.165) is 5.56 Å². The van der Waals surface area contributed by atoms with Gasteiger partial charge in [-0.1, -0.05) is 32.4 Å². The van der Waals surface area contributed by atoms with E-state index >= 15 is 0 Å². The van der Waals surface area contributed by atoms with Crippen molar-refractivity contribution < 1.29 is 4.39 Å². The van der Waals surface area contributed by atoms with E-state index in [1.165, 1.54) is 12.1 Å². The van der Waals surface area contributed by atoms with Gasteiger partial charge in [0.2, 0.25) is 0 Å². The first-order valence-electron chi connectivity index (χ1n) is 5.60. The highest BCUT2D eigenvalue weighted by molar-refractivity contribution is 6.35. The van der Waals surface area contributed by atoms with Crippen molar-refractivity contribution in [2.24, 2.45) is 5.84 Å². The molecule has 0 spiro atoms. The molecule has 3 nitrogen and oxygen atoms in total. The number of nitrogens with two attached hydrogens (primary N) is 1. The maximum Gasteiger partial charge on any atom is 0.144 e. The van der Waals surface area contributed by atoms with Gasteiger partial charge in [-0.05, 0) is 23.6 Å². The highest BCUT2D eigenvalue weighted by Gasteiger charge is 2.20. The smallest absolute Gasteiger partial charge is 0.144 e. The molecule has 2 aromatic rings. The fourth-order valence-corrected chi connectivity index (χ4v) is 2.15. The van der Waals surface area contributed by atoms with Gasteiger partial charge in [0.1, 0.15) is 11.6 Å². The van der Waals surface area contributed by atoms with Crippen LogP contribution in [0.3, 0.4) is 0 Å². The van der Waals surface area contributed by atoms with Crippen LogP contribution >= 0.6 is 11.6 Å². The highest BCUT2D eigenvalue weighted by atomic mass is 35.5. The van der Waals surface area contributed by atoms with Gasteiger partial charge in [0.25, 0.3) is 0 Å². The van der Waals surface area contributed by atoms with Crippen molar-refractivity contribution in [2.75, 3.05) is 5.43 Å². The van der Waals surface area contributed by atoms with Gasteiger partial charge >= 0.3 is 0 Å². The van der Waals surface area contributed by atoms with Crippen molar-refractivity contribution in [3.05, 3.63) is 34.6 Å². The largest absolute Gasteiger partial charge is 0.308 e. The molecule has 96 valence electrons. The normalized spacial score (nSPS) is 11.9. The molecule has 1 heterocycles. The first kappa shape index (κ1) is 13.1. The van der Waals surface area contributed by atoms with Crippen molar-refractivity contribution in [2.45, 2.75) is 26.2 Å². The van der Waals surface area contributed by atoms with E-state index in [1.54, 1.807) is 0 Å². The number of hydrogen-bond donors (Lipinski definition) is 2. The maximum absolute atomic E-state index is 13.4. The minimum absolute atomic E-state index is 0.151. The van der Waals surface area contributed by atoms with Gasteiger partial charge in [-0.3, -0.25) is 0 Å². The number of nitrogen functional groups attached to an aromatic ring is 1. The van der Waals surface area contributed by atoms with Gasteiger partial charge in [-0.25, -0.2) is 15.2 Å². The summed E-state index contributed by atoms with van der Waals surface area (Å²) in [4.78, 5) is 4.37. The van der Waals surface area contributed by atoms with Crippen LogP contribution < -0.4 is 11.3 Å². The maximum atomic E-state index is 13.4. The van der Waals surface area contributed by atoms with E-state index in [4.69, 9.17) is 17.4 Å². The molecule has 1 aromatic carbocycles. The quantitative estimate of drug-likeness (QED) is 0.613. The van der Waals surface area contributed by atoms with E-state index < -0.39 is 0 Å². The van der Waals surface area contributed by atoms with E-state index in [1.807, 2.05) is 26.8 Å². The van der Waals surface area contributed by atoms with Gasteiger partial charge in [0.05, 0.1) is 10.5 Å². The topological polar surface area (TPSA) is 50.9 Å². The number of nitrogens with zero attached hydrogens (tertiary/aromatic N) is 1. The summed E-state index contributed by atoms with van der Waals surface area (Å²) in [6, 6.07) is 4.53. The van der Waals surface area contributed by atoms with Crippen LogP contribution in [0.2, 0.25) is 5.02 Å². The number of pyridine rings is 1. The van der Waals surface area contributed by atoms with Crippen LogP contribution in [-0.4, -0.2) is 4.98 Å². The SMILES string of the molecule is CC(C)(C)c1cc2cc(F)cc(Cl)c2nc1NN. The third-order valence-corrected chi connectivity index (χ3v) is 3.07. The summed E-state index contributed by atoms with van der Waals surface area (Å²) in [5.74, 6) is 5.67. The molecular formula is C13H15ClFN3. The predicted octanol–water partition coefficient (Wildman–Crippen LogP) is 3.61. The number of halogens is 2. The molecule has 0 saturated carbocycles. The van der Waals surface area contributed by atoms with Crippen LogP contribution in [0, 0.1) is 5.82 Å². The van der Waals surface area contributed by atoms with E-state index in [-0.39, 0.29) is 16.3 Å². The molecule has 0 atom stereocenters. The number of benzene rings is 1. The number of hydrazine groups is 1. The summed E-state index contributed by atoms with van der Waals surface area (Å²) in [6.07, 6.45) is 0. The lowest BCUT2D eigenvalue weighted by Crippen LogP contribution is -2.19.